The van der Waals surface area contributed by atoms with Crippen LogP contribution in [0.15, 0.2) is 29.1 Å². The number of aromatic amines is 1. The van der Waals surface area contributed by atoms with Gasteiger partial charge in [-0.3, -0.25) is 4.57 Å². The maximum absolute atomic E-state index is 12.4. The molecule has 2 heterocycles. The van der Waals surface area contributed by atoms with Crippen LogP contribution in [0.3, 0.4) is 0 Å². The number of rotatable bonds is 4. The third-order valence-corrected chi connectivity index (χ3v) is 6.05. The first-order valence-electron chi connectivity index (χ1n) is 9.81. The Morgan fingerprint density at radius 2 is 1.73 bits per heavy atom. The van der Waals surface area contributed by atoms with E-state index >= 15 is 0 Å². The van der Waals surface area contributed by atoms with Crippen molar-refractivity contribution in [1.82, 2.24) is 14.5 Å². The van der Waals surface area contributed by atoms with E-state index < -0.39 is 0 Å². The van der Waals surface area contributed by atoms with Crippen LogP contribution < -0.4 is 5.69 Å². The summed E-state index contributed by atoms with van der Waals surface area (Å²) >= 11 is 0. The van der Waals surface area contributed by atoms with Gasteiger partial charge in [0.25, 0.3) is 0 Å². The number of H-pyrrole nitrogens is 1. The largest absolute Gasteiger partial charge is 0.379 e. The van der Waals surface area contributed by atoms with Gasteiger partial charge in [-0.05, 0) is 57.6 Å². The molecule has 0 radical (unpaired) electrons. The summed E-state index contributed by atoms with van der Waals surface area (Å²) in [5, 5.41) is 0. The van der Waals surface area contributed by atoms with Crippen LogP contribution in [0.4, 0.5) is 0 Å². The minimum atomic E-state index is 0. The van der Waals surface area contributed by atoms with E-state index in [0.29, 0.717) is 18.2 Å². The molecule has 1 saturated carbocycles. The number of aromatic nitrogens is 2. The summed E-state index contributed by atoms with van der Waals surface area (Å²) in [6.07, 6.45) is 7.50. The fourth-order valence-corrected chi connectivity index (χ4v) is 4.76. The molecule has 26 heavy (non-hydrogen) atoms. The fourth-order valence-electron chi connectivity index (χ4n) is 4.76. The Morgan fingerprint density at radius 3 is 2.42 bits per heavy atom. The summed E-state index contributed by atoms with van der Waals surface area (Å²) in [6, 6.07) is 9.05. The SMILES string of the molecule is CCOC1CCC(N2CCC(n3c(=O)[nH]c4ccccc43)CC2)CC1.Cl. The molecule has 4 rings (SSSR count). The summed E-state index contributed by atoms with van der Waals surface area (Å²) in [5.41, 5.74) is 2.03. The van der Waals surface area contributed by atoms with Crippen LogP contribution in [-0.4, -0.2) is 46.3 Å². The molecule has 1 aliphatic heterocycles. The number of likely N-dealkylation sites (tertiary alicyclic amines) is 1. The Balaban J connectivity index is 0.00000196. The molecule has 1 aromatic carbocycles. The molecule has 2 aliphatic rings. The molecule has 5 nitrogen and oxygen atoms in total. The van der Waals surface area contributed by atoms with E-state index in [1.54, 1.807) is 0 Å². The van der Waals surface area contributed by atoms with E-state index in [2.05, 4.69) is 22.9 Å². The van der Waals surface area contributed by atoms with Crippen molar-refractivity contribution in [3.63, 3.8) is 0 Å². The van der Waals surface area contributed by atoms with Crippen molar-refractivity contribution in [2.45, 2.75) is 63.6 Å². The lowest BCUT2D eigenvalue weighted by Gasteiger charge is -2.40. The molecule has 1 N–H and O–H groups in total. The molecule has 144 valence electrons. The van der Waals surface area contributed by atoms with E-state index in [0.717, 1.165) is 43.6 Å². The minimum absolute atomic E-state index is 0. The summed E-state index contributed by atoms with van der Waals surface area (Å²) < 4.78 is 7.76. The zero-order valence-electron chi connectivity index (χ0n) is 15.5. The van der Waals surface area contributed by atoms with Crippen molar-refractivity contribution in [1.29, 1.82) is 0 Å². The van der Waals surface area contributed by atoms with Gasteiger partial charge in [0.05, 0.1) is 17.1 Å². The van der Waals surface area contributed by atoms with Gasteiger partial charge >= 0.3 is 5.69 Å². The van der Waals surface area contributed by atoms with Gasteiger partial charge in [0.1, 0.15) is 0 Å². The summed E-state index contributed by atoms with van der Waals surface area (Å²) in [7, 11) is 0. The number of fused-ring (bicyclic) bond motifs is 1. The summed E-state index contributed by atoms with van der Waals surface area (Å²) in [5.74, 6) is 0. The molecule has 1 aromatic heterocycles. The Bertz CT molecular complexity index is 756. The zero-order chi connectivity index (χ0) is 17.2. The molecule has 0 atom stereocenters. The second kappa shape index (κ2) is 8.59. The molecule has 6 heteroatoms. The highest BCUT2D eigenvalue weighted by molar-refractivity contribution is 5.85. The van der Waals surface area contributed by atoms with Gasteiger partial charge in [-0.2, -0.15) is 0 Å². The van der Waals surface area contributed by atoms with Crippen LogP contribution >= 0.6 is 12.4 Å². The second-order valence-corrected chi connectivity index (χ2v) is 7.47. The fraction of sp³-hybridized carbons (Fsp3) is 0.650. The number of para-hydroxylation sites is 2. The third-order valence-electron chi connectivity index (χ3n) is 6.05. The normalized spacial score (nSPS) is 25.3. The van der Waals surface area contributed by atoms with Crippen molar-refractivity contribution in [3.8, 4) is 0 Å². The van der Waals surface area contributed by atoms with E-state index in [9.17, 15) is 4.79 Å². The molecule has 0 bridgehead atoms. The molecule has 0 unspecified atom stereocenters. The van der Waals surface area contributed by atoms with Gasteiger partial charge in [-0.1, -0.05) is 12.1 Å². The highest BCUT2D eigenvalue weighted by Crippen LogP contribution is 2.30. The van der Waals surface area contributed by atoms with Gasteiger partial charge in [0.2, 0.25) is 0 Å². The van der Waals surface area contributed by atoms with Crippen molar-refractivity contribution in [3.05, 3.63) is 34.7 Å². The van der Waals surface area contributed by atoms with Gasteiger partial charge < -0.3 is 14.6 Å². The average molecular weight is 380 g/mol. The number of piperidine rings is 1. The third kappa shape index (κ3) is 3.85. The first-order chi connectivity index (χ1) is 12.3. The number of nitrogens with zero attached hydrogens (tertiary/aromatic N) is 2. The second-order valence-electron chi connectivity index (χ2n) is 7.47. The number of imidazole rings is 1. The number of hydrogen-bond acceptors (Lipinski definition) is 3. The van der Waals surface area contributed by atoms with Gasteiger partial charge in [-0.15, -0.1) is 12.4 Å². The lowest BCUT2D eigenvalue weighted by molar-refractivity contribution is 0.00796. The Kier molecular flexibility index (Phi) is 6.43. The highest BCUT2D eigenvalue weighted by atomic mass is 35.5. The monoisotopic (exact) mass is 379 g/mol. The van der Waals surface area contributed by atoms with Crippen LogP contribution in [-0.2, 0) is 4.74 Å². The van der Waals surface area contributed by atoms with Crippen molar-refractivity contribution >= 4 is 23.4 Å². The summed E-state index contributed by atoms with van der Waals surface area (Å²) in [6.45, 7) is 5.12. The molecule has 1 saturated heterocycles. The van der Waals surface area contributed by atoms with Gasteiger partial charge in [0, 0.05) is 31.8 Å². The van der Waals surface area contributed by atoms with Gasteiger partial charge in [-0.25, -0.2) is 4.79 Å². The predicted octanol–water partition coefficient (Wildman–Crippen LogP) is 3.74. The van der Waals surface area contributed by atoms with E-state index in [1.165, 1.54) is 25.7 Å². The number of nitrogens with one attached hydrogen (secondary N) is 1. The smallest absolute Gasteiger partial charge is 0.326 e. The lowest BCUT2D eigenvalue weighted by atomic mass is 9.90. The van der Waals surface area contributed by atoms with Crippen LogP contribution in [0, 0.1) is 0 Å². The van der Waals surface area contributed by atoms with E-state index in [-0.39, 0.29) is 18.1 Å². The molecule has 1 aliphatic carbocycles. The standard InChI is InChI=1S/C20H29N3O2.ClH/c1-2-25-17-9-7-15(8-10-17)22-13-11-16(12-14-22)23-19-6-4-3-5-18(19)21-20(23)24;/h3-6,15-17H,2,7-14H2,1H3,(H,21,24);1H. The predicted molar refractivity (Wildman–Crippen MR) is 107 cm³/mol. The quantitative estimate of drug-likeness (QED) is 0.880. The van der Waals surface area contributed by atoms with Crippen LogP contribution in [0.1, 0.15) is 51.5 Å². The molecular weight excluding hydrogens is 350 g/mol. The van der Waals surface area contributed by atoms with E-state index in [1.807, 2.05) is 22.8 Å². The molecular formula is C20H30ClN3O2. The first kappa shape index (κ1) is 19.5. The van der Waals surface area contributed by atoms with Crippen molar-refractivity contribution in [2.75, 3.05) is 19.7 Å². The first-order valence-corrected chi connectivity index (χ1v) is 9.81. The Hall–Kier alpha value is -1.30. The van der Waals surface area contributed by atoms with Gasteiger partial charge in [0.15, 0.2) is 0 Å². The Labute approximate surface area is 161 Å². The molecule has 2 aromatic rings. The maximum atomic E-state index is 12.4. The highest BCUT2D eigenvalue weighted by Gasteiger charge is 2.30. The van der Waals surface area contributed by atoms with Crippen LogP contribution in [0.25, 0.3) is 11.0 Å². The number of ether oxygens (including phenoxy) is 1. The number of benzene rings is 1. The van der Waals surface area contributed by atoms with Crippen molar-refractivity contribution in [2.24, 2.45) is 0 Å². The lowest BCUT2D eigenvalue weighted by Crippen LogP contribution is -2.45. The number of hydrogen-bond donors (Lipinski definition) is 1. The molecule has 0 spiro atoms. The Morgan fingerprint density at radius 1 is 1.04 bits per heavy atom. The molecule has 0 amide bonds. The van der Waals surface area contributed by atoms with Crippen molar-refractivity contribution < 1.29 is 4.74 Å². The minimum Gasteiger partial charge on any atom is -0.379 e. The maximum Gasteiger partial charge on any atom is 0.326 e. The van der Waals surface area contributed by atoms with E-state index in [4.69, 9.17) is 4.74 Å². The summed E-state index contributed by atoms with van der Waals surface area (Å²) in [4.78, 5) is 18.0. The zero-order valence-corrected chi connectivity index (χ0v) is 16.3. The topological polar surface area (TPSA) is 50.3 Å². The molecule has 2 fully saturated rings. The average Bonchev–Trinajstić information content (AvgIpc) is 2.98. The van der Waals surface area contributed by atoms with Crippen LogP contribution in [0.5, 0.6) is 0 Å². The van der Waals surface area contributed by atoms with Crippen LogP contribution in [0.2, 0.25) is 0 Å². The number of halogens is 1.